The molecule has 1 aliphatic rings. The lowest BCUT2D eigenvalue weighted by molar-refractivity contribution is 0.346. The number of aromatic nitrogens is 1. The molecule has 90 valence electrons. The molecule has 0 aliphatic heterocycles. The predicted molar refractivity (Wildman–Crippen MR) is 70.0 cm³/mol. The second-order valence-electron chi connectivity index (χ2n) is 5.46. The van der Waals surface area contributed by atoms with Crippen molar-refractivity contribution < 1.29 is 0 Å². The van der Waals surface area contributed by atoms with Crippen LogP contribution in [0.15, 0.2) is 5.38 Å². The Morgan fingerprint density at radius 3 is 2.69 bits per heavy atom. The van der Waals surface area contributed by atoms with Crippen LogP contribution in [0.4, 0.5) is 0 Å². The Hall–Kier alpha value is -0.410. The molecule has 1 aliphatic carbocycles. The van der Waals surface area contributed by atoms with E-state index in [2.05, 4.69) is 38.5 Å². The highest BCUT2D eigenvalue weighted by Gasteiger charge is 2.35. The van der Waals surface area contributed by atoms with E-state index in [1.807, 2.05) is 0 Å². The van der Waals surface area contributed by atoms with Gasteiger partial charge in [0.2, 0.25) is 0 Å². The maximum absolute atomic E-state index is 4.79. The Bertz CT molecular complexity index is 355. The largest absolute Gasteiger partial charge is 0.309 e. The van der Waals surface area contributed by atoms with Crippen LogP contribution < -0.4 is 5.32 Å². The molecule has 0 amide bonds. The third kappa shape index (κ3) is 2.46. The Kier molecular flexibility index (Phi) is 3.36. The molecule has 1 saturated carbocycles. The minimum absolute atomic E-state index is 0.0823. The van der Waals surface area contributed by atoms with E-state index < -0.39 is 0 Å². The van der Waals surface area contributed by atoms with Crippen LogP contribution >= 0.6 is 11.3 Å². The molecule has 0 bridgehead atoms. The zero-order valence-electron chi connectivity index (χ0n) is 10.7. The number of nitrogens with zero attached hydrogens (tertiary/aromatic N) is 1. The Labute approximate surface area is 102 Å². The molecule has 1 N–H and O–H groups in total. The number of rotatable bonds is 5. The van der Waals surface area contributed by atoms with Gasteiger partial charge in [-0.05, 0) is 32.2 Å². The van der Waals surface area contributed by atoms with Gasteiger partial charge in [-0.2, -0.15) is 0 Å². The maximum Gasteiger partial charge on any atom is 0.113 e. The number of hydrogen-bond acceptors (Lipinski definition) is 3. The van der Waals surface area contributed by atoms with Crippen molar-refractivity contribution >= 4 is 11.3 Å². The topological polar surface area (TPSA) is 24.9 Å². The minimum atomic E-state index is 0.0823. The molecule has 2 nitrogen and oxygen atoms in total. The highest BCUT2D eigenvalue weighted by molar-refractivity contribution is 7.09. The van der Waals surface area contributed by atoms with Gasteiger partial charge in [-0.1, -0.05) is 26.7 Å². The molecule has 2 rings (SSSR count). The van der Waals surface area contributed by atoms with Gasteiger partial charge < -0.3 is 5.32 Å². The van der Waals surface area contributed by atoms with Crippen molar-refractivity contribution in [2.75, 3.05) is 7.05 Å². The molecule has 1 atom stereocenters. The Morgan fingerprint density at radius 2 is 2.25 bits per heavy atom. The van der Waals surface area contributed by atoms with Crippen LogP contribution in [0.25, 0.3) is 0 Å². The zero-order chi connectivity index (χ0) is 11.8. The summed E-state index contributed by atoms with van der Waals surface area (Å²) < 4.78 is 0. The Morgan fingerprint density at radius 1 is 1.56 bits per heavy atom. The second kappa shape index (κ2) is 4.46. The van der Waals surface area contributed by atoms with Crippen molar-refractivity contribution in [3.8, 4) is 0 Å². The van der Waals surface area contributed by atoms with Gasteiger partial charge in [-0.3, -0.25) is 0 Å². The van der Waals surface area contributed by atoms with Gasteiger partial charge in [0.05, 0.1) is 11.2 Å². The fraction of sp³-hybridized carbons (Fsp3) is 0.769. The van der Waals surface area contributed by atoms with Gasteiger partial charge in [0.15, 0.2) is 0 Å². The summed E-state index contributed by atoms with van der Waals surface area (Å²) in [6.07, 6.45) is 4.04. The van der Waals surface area contributed by atoms with Crippen LogP contribution in [-0.2, 0) is 5.54 Å². The lowest BCUT2D eigenvalue weighted by atomic mass is 9.95. The summed E-state index contributed by atoms with van der Waals surface area (Å²) in [6.45, 7) is 6.70. The van der Waals surface area contributed by atoms with Crippen molar-refractivity contribution in [3.63, 3.8) is 0 Å². The molecule has 0 spiro atoms. The smallest absolute Gasteiger partial charge is 0.113 e. The summed E-state index contributed by atoms with van der Waals surface area (Å²) in [5.41, 5.74) is 1.32. The highest BCUT2D eigenvalue weighted by atomic mass is 32.1. The van der Waals surface area contributed by atoms with E-state index in [0.717, 1.165) is 5.92 Å². The van der Waals surface area contributed by atoms with E-state index in [4.69, 9.17) is 4.98 Å². The summed E-state index contributed by atoms with van der Waals surface area (Å²) in [5.74, 6) is 1.45. The Balaban J connectivity index is 2.17. The van der Waals surface area contributed by atoms with Crippen molar-refractivity contribution in [2.45, 2.75) is 51.5 Å². The molecule has 1 aromatic rings. The van der Waals surface area contributed by atoms with E-state index in [-0.39, 0.29) is 5.54 Å². The second-order valence-corrected chi connectivity index (χ2v) is 6.32. The molecule has 0 aromatic carbocycles. The van der Waals surface area contributed by atoms with Gasteiger partial charge in [-0.15, -0.1) is 11.3 Å². The first-order valence-corrected chi connectivity index (χ1v) is 7.08. The summed E-state index contributed by atoms with van der Waals surface area (Å²) in [7, 11) is 2.05. The average Bonchev–Trinajstić information content (AvgIpc) is 2.90. The van der Waals surface area contributed by atoms with E-state index >= 15 is 0 Å². The first-order valence-electron chi connectivity index (χ1n) is 6.20. The summed E-state index contributed by atoms with van der Waals surface area (Å²) in [5, 5.41) is 6.93. The van der Waals surface area contributed by atoms with Gasteiger partial charge in [0.25, 0.3) is 0 Å². The lowest BCUT2D eigenvalue weighted by Crippen LogP contribution is -2.37. The van der Waals surface area contributed by atoms with Crippen molar-refractivity contribution in [1.82, 2.24) is 10.3 Å². The molecular formula is C13H22N2S. The molecule has 1 heterocycles. The predicted octanol–water partition coefficient (Wildman–Crippen LogP) is 3.50. The number of hydrogen-bond donors (Lipinski definition) is 1. The van der Waals surface area contributed by atoms with Crippen molar-refractivity contribution in [2.24, 2.45) is 5.92 Å². The van der Waals surface area contributed by atoms with Gasteiger partial charge in [0.1, 0.15) is 5.01 Å². The monoisotopic (exact) mass is 238 g/mol. The van der Waals surface area contributed by atoms with Crippen LogP contribution in [0.3, 0.4) is 0 Å². The van der Waals surface area contributed by atoms with Crippen LogP contribution in [0, 0.1) is 5.92 Å². The van der Waals surface area contributed by atoms with E-state index in [1.54, 1.807) is 11.3 Å². The van der Waals surface area contributed by atoms with Gasteiger partial charge in [0, 0.05) is 5.38 Å². The third-order valence-corrected chi connectivity index (χ3v) is 4.66. The normalized spacial score (nSPS) is 20.1. The summed E-state index contributed by atoms with van der Waals surface area (Å²) >= 11 is 1.81. The third-order valence-electron chi connectivity index (χ3n) is 3.53. The van der Waals surface area contributed by atoms with E-state index in [1.165, 1.54) is 30.0 Å². The van der Waals surface area contributed by atoms with Crippen LogP contribution in [0.2, 0.25) is 0 Å². The van der Waals surface area contributed by atoms with E-state index in [0.29, 0.717) is 5.92 Å². The molecule has 0 radical (unpaired) electrons. The fourth-order valence-corrected chi connectivity index (χ4v) is 3.16. The number of nitrogens with one attached hydrogen (secondary N) is 1. The van der Waals surface area contributed by atoms with Crippen LogP contribution in [0.5, 0.6) is 0 Å². The summed E-state index contributed by atoms with van der Waals surface area (Å²) in [4.78, 5) is 4.79. The molecule has 1 fully saturated rings. The zero-order valence-corrected chi connectivity index (χ0v) is 11.5. The van der Waals surface area contributed by atoms with Crippen LogP contribution in [-0.4, -0.2) is 12.0 Å². The van der Waals surface area contributed by atoms with Crippen LogP contribution in [0.1, 0.15) is 56.7 Å². The molecule has 1 unspecified atom stereocenters. The quantitative estimate of drug-likeness (QED) is 0.849. The number of thiazole rings is 1. The molecule has 1 aromatic heterocycles. The molecule has 16 heavy (non-hydrogen) atoms. The minimum Gasteiger partial charge on any atom is -0.309 e. The molecule has 3 heteroatoms. The van der Waals surface area contributed by atoms with Crippen molar-refractivity contribution in [3.05, 3.63) is 16.1 Å². The average molecular weight is 238 g/mol. The standard InChI is InChI=1S/C13H22N2S/c1-9(2)11-8-16-12(15-11)13(3,14-4)7-10-5-6-10/h8-10,14H,5-7H2,1-4H3. The lowest BCUT2D eigenvalue weighted by Gasteiger charge is -2.27. The van der Waals surface area contributed by atoms with Gasteiger partial charge in [-0.25, -0.2) is 4.98 Å². The SMILES string of the molecule is CNC(C)(CC1CC1)c1nc(C(C)C)cs1. The summed E-state index contributed by atoms with van der Waals surface area (Å²) in [6, 6.07) is 0. The fourth-order valence-electron chi connectivity index (χ4n) is 2.00. The molecular weight excluding hydrogens is 216 g/mol. The van der Waals surface area contributed by atoms with E-state index in [9.17, 15) is 0 Å². The maximum atomic E-state index is 4.79. The van der Waals surface area contributed by atoms with Crippen molar-refractivity contribution in [1.29, 1.82) is 0 Å². The molecule has 0 saturated heterocycles. The first kappa shape index (κ1) is 12.1. The highest BCUT2D eigenvalue weighted by Crippen LogP contribution is 2.41. The first-order chi connectivity index (χ1) is 7.55. The van der Waals surface area contributed by atoms with Gasteiger partial charge >= 0.3 is 0 Å².